The molecule has 128 valence electrons. The van der Waals surface area contributed by atoms with Crippen LogP contribution in [0.25, 0.3) is 0 Å². The summed E-state index contributed by atoms with van der Waals surface area (Å²) in [5, 5.41) is 2.38. The van der Waals surface area contributed by atoms with E-state index in [9.17, 15) is 18.4 Å². The van der Waals surface area contributed by atoms with Crippen LogP contribution < -0.4 is 11.1 Å². The molecule has 0 radical (unpaired) electrons. The molecular weight excluding hydrogens is 302 g/mol. The van der Waals surface area contributed by atoms with E-state index in [1.165, 1.54) is 12.5 Å². The second kappa shape index (κ2) is 9.92. The van der Waals surface area contributed by atoms with Crippen LogP contribution in [0.3, 0.4) is 0 Å². The summed E-state index contributed by atoms with van der Waals surface area (Å²) in [6.07, 6.45) is 6.60. The molecule has 0 aliphatic heterocycles. The van der Waals surface area contributed by atoms with E-state index in [0.29, 0.717) is 6.42 Å². The van der Waals surface area contributed by atoms with E-state index >= 15 is 0 Å². The lowest BCUT2D eigenvalue weighted by atomic mass is 10.0. The first-order valence-electron chi connectivity index (χ1n) is 8.01. The molecule has 0 saturated heterocycles. The number of rotatable bonds is 10. The Morgan fingerprint density at radius 2 is 1.78 bits per heavy atom. The van der Waals surface area contributed by atoms with E-state index in [0.717, 1.165) is 44.2 Å². The van der Waals surface area contributed by atoms with Crippen LogP contribution in [-0.2, 0) is 4.79 Å². The lowest BCUT2D eigenvalue weighted by molar-refractivity contribution is -0.120. The van der Waals surface area contributed by atoms with Gasteiger partial charge in [0.1, 0.15) is 6.04 Å². The first-order valence-corrected chi connectivity index (χ1v) is 8.01. The van der Waals surface area contributed by atoms with Gasteiger partial charge in [-0.15, -0.1) is 0 Å². The van der Waals surface area contributed by atoms with Crippen molar-refractivity contribution >= 4 is 11.8 Å². The molecule has 1 aromatic carbocycles. The fourth-order valence-electron chi connectivity index (χ4n) is 2.33. The van der Waals surface area contributed by atoms with Gasteiger partial charge in [0.05, 0.1) is 5.56 Å². The molecule has 0 bridgehead atoms. The smallest absolute Gasteiger partial charge is 0.255 e. The average molecular weight is 326 g/mol. The second-order valence-electron chi connectivity index (χ2n) is 5.59. The Kier molecular flexibility index (Phi) is 8.22. The van der Waals surface area contributed by atoms with Crippen LogP contribution in [0.15, 0.2) is 18.2 Å². The van der Waals surface area contributed by atoms with Crippen molar-refractivity contribution in [2.24, 2.45) is 5.73 Å². The third kappa shape index (κ3) is 6.34. The minimum atomic E-state index is -1.23. The summed E-state index contributed by atoms with van der Waals surface area (Å²) in [4.78, 5) is 23.4. The van der Waals surface area contributed by atoms with Crippen molar-refractivity contribution in [3.63, 3.8) is 0 Å². The number of primary amides is 1. The Balaban J connectivity index is 2.53. The average Bonchev–Trinajstić information content (AvgIpc) is 2.51. The fourth-order valence-corrected chi connectivity index (χ4v) is 2.33. The van der Waals surface area contributed by atoms with Gasteiger partial charge < -0.3 is 11.1 Å². The van der Waals surface area contributed by atoms with Crippen LogP contribution >= 0.6 is 0 Å². The van der Waals surface area contributed by atoms with E-state index < -0.39 is 35.1 Å². The number of carbonyl (C=O) groups is 2. The third-order valence-electron chi connectivity index (χ3n) is 3.69. The number of benzene rings is 1. The lowest BCUT2D eigenvalue weighted by Gasteiger charge is -2.15. The molecule has 0 aliphatic carbocycles. The van der Waals surface area contributed by atoms with E-state index in [1.54, 1.807) is 0 Å². The van der Waals surface area contributed by atoms with Crippen molar-refractivity contribution in [1.29, 1.82) is 0 Å². The highest BCUT2D eigenvalue weighted by atomic mass is 19.2. The fraction of sp³-hybridized carbons (Fsp3) is 0.529. The van der Waals surface area contributed by atoms with Crippen LogP contribution in [0.5, 0.6) is 0 Å². The molecule has 3 N–H and O–H groups in total. The quantitative estimate of drug-likeness (QED) is 0.648. The Morgan fingerprint density at radius 1 is 1.13 bits per heavy atom. The van der Waals surface area contributed by atoms with Gasteiger partial charge in [-0.2, -0.15) is 0 Å². The predicted octanol–water partition coefficient (Wildman–Crippen LogP) is 3.30. The van der Waals surface area contributed by atoms with Crippen LogP contribution in [0.1, 0.15) is 62.2 Å². The number of carbonyl (C=O) groups excluding carboxylic acids is 2. The standard InChI is InChI=1S/C17H24F2N2O2/c1-2-3-4-5-6-7-11-14(16(20)22)21-17(23)12-9-8-10-13(18)15(12)19/h8-10,14H,2-7,11H2,1H3,(H2,20,22)(H,21,23)/t14-/m1/s1. The first kappa shape index (κ1) is 19.1. The van der Waals surface area contributed by atoms with E-state index in [4.69, 9.17) is 5.73 Å². The highest BCUT2D eigenvalue weighted by Gasteiger charge is 2.21. The molecule has 1 rings (SSSR count). The number of amides is 2. The molecule has 0 heterocycles. The summed E-state index contributed by atoms with van der Waals surface area (Å²) in [6.45, 7) is 2.13. The van der Waals surface area contributed by atoms with Gasteiger partial charge in [0.25, 0.3) is 5.91 Å². The molecule has 0 aromatic heterocycles. The number of hydrogen-bond donors (Lipinski definition) is 2. The number of halogens is 2. The molecule has 2 amide bonds. The number of unbranched alkanes of at least 4 members (excludes halogenated alkanes) is 5. The molecule has 0 saturated carbocycles. The van der Waals surface area contributed by atoms with Gasteiger partial charge >= 0.3 is 0 Å². The SMILES string of the molecule is CCCCCCCC[C@@H](NC(=O)c1cccc(F)c1F)C(N)=O. The maximum absolute atomic E-state index is 13.6. The van der Waals surface area contributed by atoms with Crippen LogP contribution in [-0.4, -0.2) is 17.9 Å². The Labute approximate surface area is 135 Å². The van der Waals surface area contributed by atoms with Crippen molar-refractivity contribution < 1.29 is 18.4 Å². The van der Waals surface area contributed by atoms with E-state index in [1.807, 2.05) is 0 Å². The number of nitrogens with one attached hydrogen (secondary N) is 1. The monoisotopic (exact) mass is 326 g/mol. The predicted molar refractivity (Wildman–Crippen MR) is 84.8 cm³/mol. The lowest BCUT2D eigenvalue weighted by Crippen LogP contribution is -2.44. The number of nitrogens with two attached hydrogens (primary N) is 1. The van der Waals surface area contributed by atoms with Gasteiger partial charge in [0.15, 0.2) is 11.6 Å². The van der Waals surface area contributed by atoms with E-state index in [2.05, 4.69) is 12.2 Å². The number of hydrogen-bond acceptors (Lipinski definition) is 2. The molecule has 0 fully saturated rings. The third-order valence-corrected chi connectivity index (χ3v) is 3.69. The van der Waals surface area contributed by atoms with Crippen LogP contribution in [0.4, 0.5) is 8.78 Å². The van der Waals surface area contributed by atoms with Gasteiger partial charge in [-0.25, -0.2) is 8.78 Å². The summed E-state index contributed by atoms with van der Waals surface area (Å²) in [6, 6.07) is 2.45. The highest BCUT2D eigenvalue weighted by Crippen LogP contribution is 2.13. The van der Waals surface area contributed by atoms with Crippen molar-refractivity contribution in [1.82, 2.24) is 5.32 Å². The molecule has 0 aliphatic rings. The topological polar surface area (TPSA) is 72.2 Å². The molecule has 4 nitrogen and oxygen atoms in total. The molecule has 23 heavy (non-hydrogen) atoms. The van der Waals surface area contributed by atoms with Gasteiger partial charge in [-0.3, -0.25) is 9.59 Å². The maximum atomic E-state index is 13.6. The molecule has 0 unspecified atom stereocenters. The summed E-state index contributed by atoms with van der Waals surface area (Å²) >= 11 is 0. The zero-order valence-corrected chi connectivity index (χ0v) is 13.4. The molecule has 6 heteroatoms. The van der Waals surface area contributed by atoms with Gasteiger partial charge in [-0.05, 0) is 18.6 Å². The van der Waals surface area contributed by atoms with Crippen molar-refractivity contribution in [2.75, 3.05) is 0 Å². The normalized spacial score (nSPS) is 12.0. The van der Waals surface area contributed by atoms with Crippen LogP contribution in [0, 0.1) is 11.6 Å². The zero-order valence-electron chi connectivity index (χ0n) is 13.4. The van der Waals surface area contributed by atoms with Gasteiger partial charge in [-0.1, -0.05) is 51.5 Å². The van der Waals surface area contributed by atoms with Gasteiger partial charge in [0.2, 0.25) is 5.91 Å². The zero-order chi connectivity index (χ0) is 17.2. The van der Waals surface area contributed by atoms with Gasteiger partial charge in [0, 0.05) is 0 Å². The summed E-state index contributed by atoms with van der Waals surface area (Å²) in [7, 11) is 0. The Hall–Kier alpha value is -1.98. The second-order valence-corrected chi connectivity index (χ2v) is 5.59. The highest BCUT2D eigenvalue weighted by molar-refractivity contribution is 5.97. The summed E-state index contributed by atoms with van der Waals surface area (Å²) in [5.41, 5.74) is 4.84. The molecule has 1 atom stereocenters. The van der Waals surface area contributed by atoms with Crippen molar-refractivity contribution in [3.05, 3.63) is 35.4 Å². The first-order chi connectivity index (χ1) is 11.0. The van der Waals surface area contributed by atoms with E-state index in [-0.39, 0.29) is 0 Å². The van der Waals surface area contributed by atoms with Crippen LogP contribution in [0.2, 0.25) is 0 Å². The molecule has 1 aromatic rings. The molecular formula is C17H24F2N2O2. The largest absolute Gasteiger partial charge is 0.368 e. The van der Waals surface area contributed by atoms with Crippen molar-refractivity contribution in [2.45, 2.75) is 57.9 Å². The van der Waals surface area contributed by atoms with Crippen molar-refractivity contribution in [3.8, 4) is 0 Å². The Morgan fingerprint density at radius 3 is 2.43 bits per heavy atom. The minimum Gasteiger partial charge on any atom is -0.368 e. The Bertz CT molecular complexity index is 535. The minimum absolute atomic E-state index is 0.393. The summed E-state index contributed by atoms with van der Waals surface area (Å²) in [5.74, 6) is -3.85. The molecule has 0 spiro atoms. The summed E-state index contributed by atoms with van der Waals surface area (Å²) < 4.78 is 26.7. The maximum Gasteiger partial charge on any atom is 0.255 e.